The SMILES string of the molecule is O=P1(Cl)OCC2(CCCC2)C(c2ccccc2Cl)O1. The number of benzene rings is 1. The summed E-state index contributed by atoms with van der Waals surface area (Å²) in [6.45, 7) is -3.11. The van der Waals surface area contributed by atoms with Gasteiger partial charge < -0.3 is 0 Å². The first-order valence-corrected chi connectivity index (χ1v) is 9.22. The molecule has 0 aromatic heterocycles. The zero-order valence-corrected chi connectivity index (χ0v) is 12.8. The molecule has 0 radical (unpaired) electrons. The Labute approximate surface area is 122 Å². The van der Waals surface area contributed by atoms with E-state index in [1.807, 2.05) is 24.3 Å². The Bertz CT molecular complexity index is 528. The van der Waals surface area contributed by atoms with Crippen LogP contribution in [-0.4, -0.2) is 6.61 Å². The van der Waals surface area contributed by atoms with Crippen molar-refractivity contribution in [2.45, 2.75) is 31.8 Å². The van der Waals surface area contributed by atoms with Gasteiger partial charge in [0.1, 0.15) is 6.10 Å². The zero-order chi connectivity index (χ0) is 13.5. The molecule has 1 saturated carbocycles. The molecule has 3 rings (SSSR count). The van der Waals surface area contributed by atoms with Crippen molar-refractivity contribution < 1.29 is 13.6 Å². The summed E-state index contributed by atoms with van der Waals surface area (Å²) in [6, 6.07) is 7.50. The molecule has 0 amide bonds. The highest BCUT2D eigenvalue weighted by molar-refractivity contribution is 7.81. The van der Waals surface area contributed by atoms with Gasteiger partial charge in [-0.2, -0.15) is 0 Å². The summed E-state index contributed by atoms with van der Waals surface area (Å²) in [4.78, 5) is 0. The Hall–Kier alpha value is -0.0500. The molecule has 3 nitrogen and oxygen atoms in total. The molecule has 1 aliphatic heterocycles. The summed E-state index contributed by atoms with van der Waals surface area (Å²) in [5.74, 6) is 0. The average Bonchev–Trinajstić information content (AvgIpc) is 2.83. The van der Waals surface area contributed by atoms with Gasteiger partial charge in [-0.15, -0.1) is 0 Å². The molecule has 1 aromatic rings. The number of rotatable bonds is 1. The lowest BCUT2D eigenvalue weighted by Crippen LogP contribution is -2.35. The van der Waals surface area contributed by atoms with Crippen LogP contribution >= 0.6 is 29.8 Å². The Kier molecular flexibility index (Phi) is 3.70. The molecule has 1 spiro atoms. The van der Waals surface area contributed by atoms with Gasteiger partial charge in [-0.1, -0.05) is 42.6 Å². The molecule has 2 atom stereocenters. The van der Waals surface area contributed by atoms with Crippen molar-refractivity contribution in [3.63, 3.8) is 0 Å². The van der Waals surface area contributed by atoms with E-state index < -0.39 is 6.95 Å². The van der Waals surface area contributed by atoms with Gasteiger partial charge in [0.2, 0.25) is 0 Å². The summed E-state index contributed by atoms with van der Waals surface area (Å²) in [5, 5.41) is 0.623. The van der Waals surface area contributed by atoms with Crippen LogP contribution in [0.1, 0.15) is 37.4 Å². The molecule has 0 bridgehead atoms. The Balaban J connectivity index is 2.03. The van der Waals surface area contributed by atoms with Gasteiger partial charge in [0, 0.05) is 27.2 Å². The van der Waals surface area contributed by atoms with Crippen molar-refractivity contribution in [1.29, 1.82) is 0 Å². The lowest BCUT2D eigenvalue weighted by Gasteiger charge is -2.42. The molecule has 1 aromatic carbocycles. The van der Waals surface area contributed by atoms with Crippen LogP contribution in [-0.2, 0) is 13.6 Å². The molecule has 2 fully saturated rings. The van der Waals surface area contributed by atoms with Gasteiger partial charge in [-0.25, -0.2) is 4.57 Å². The maximum atomic E-state index is 11.9. The molecule has 6 heteroatoms. The molecule has 0 N–H and O–H groups in total. The molecular weight excluding hydrogens is 306 g/mol. The first-order valence-electron chi connectivity index (χ1n) is 6.40. The topological polar surface area (TPSA) is 35.5 Å². The normalized spacial score (nSPS) is 33.7. The first-order chi connectivity index (χ1) is 9.03. The van der Waals surface area contributed by atoms with E-state index in [-0.39, 0.29) is 11.5 Å². The van der Waals surface area contributed by atoms with Crippen LogP contribution in [0.25, 0.3) is 0 Å². The first kappa shape index (κ1) is 13.9. The maximum absolute atomic E-state index is 11.9. The number of halogens is 2. The van der Waals surface area contributed by atoms with Gasteiger partial charge in [0.25, 0.3) is 0 Å². The van der Waals surface area contributed by atoms with Crippen LogP contribution in [0.4, 0.5) is 0 Å². The predicted octanol–water partition coefficient (Wildman–Crippen LogP) is 5.34. The Morgan fingerprint density at radius 2 is 1.95 bits per heavy atom. The van der Waals surface area contributed by atoms with Gasteiger partial charge in [0.15, 0.2) is 0 Å². The van der Waals surface area contributed by atoms with Crippen molar-refractivity contribution >= 4 is 29.8 Å². The predicted molar refractivity (Wildman–Crippen MR) is 75.6 cm³/mol. The van der Waals surface area contributed by atoms with Crippen LogP contribution in [0.15, 0.2) is 24.3 Å². The quantitative estimate of drug-likeness (QED) is 0.655. The standard InChI is InChI=1S/C13H15Cl2O3P/c14-11-6-2-1-5-10(11)12-13(7-3-4-8-13)9-17-19(15,16)18-12/h1-2,5-6,12H,3-4,7-9H2. The van der Waals surface area contributed by atoms with E-state index in [9.17, 15) is 4.57 Å². The summed E-state index contributed by atoms with van der Waals surface area (Å²) in [5.41, 5.74) is 0.712. The highest BCUT2D eigenvalue weighted by Crippen LogP contribution is 2.67. The average molecular weight is 321 g/mol. The Morgan fingerprint density at radius 1 is 1.26 bits per heavy atom. The van der Waals surface area contributed by atoms with Crippen LogP contribution in [0.5, 0.6) is 0 Å². The monoisotopic (exact) mass is 320 g/mol. The third kappa shape index (κ3) is 2.59. The van der Waals surface area contributed by atoms with Gasteiger partial charge >= 0.3 is 6.95 Å². The van der Waals surface area contributed by atoms with E-state index in [0.717, 1.165) is 31.2 Å². The van der Waals surface area contributed by atoms with E-state index in [2.05, 4.69) is 0 Å². The summed E-state index contributed by atoms with van der Waals surface area (Å²) in [7, 11) is 0. The van der Waals surface area contributed by atoms with Crippen molar-refractivity contribution in [3.05, 3.63) is 34.9 Å². The highest BCUT2D eigenvalue weighted by atomic mass is 35.7. The van der Waals surface area contributed by atoms with E-state index >= 15 is 0 Å². The minimum absolute atomic E-state index is 0.145. The molecule has 1 heterocycles. The van der Waals surface area contributed by atoms with Crippen molar-refractivity contribution in [2.24, 2.45) is 5.41 Å². The zero-order valence-electron chi connectivity index (χ0n) is 10.4. The molecule has 2 unspecified atom stereocenters. The summed E-state index contributed by atoms with van der Waals surface area (Å²) < 4.78 is 22.8. The molecule has 1 saturated heterocycles. The summed E-state index contributed by atoms with van der Waals surface area (Å²) in [6.07, 6.45) is 3.88. The van der Waals surface area contributed by atoms with E-state index in [0.29, 0.717) is 11.6 Å². The van der Waals surface area contributed by atoms with Gasteiger partial charge in [-0.3, -0.25) is 9.05 Å². The lowest BCUT2D eigenvalue weighted by molar-refractivity contribution is -0.0392. The highest BCUT2D eigenvalue weighted by Gasteiger charge is 2.51. The van der Waals surface area contributed by atoms with E-state index in [4.69, 9.17) is 31.9 Å². The second-order valence-electron chi connectivity index (χ2n) is 5.28. The molecule has 104 valence electrons. The number of hydrogen-bond donors (Lipinski definition) is 0. The second kappa shape index (κ2) is 5.05. The van der Waals surface area contributed by atoms with Crippen LogP contribution in [0.3, 0.4) is 0 Å². The third-order valence-corrected chi connectivity index (χ3v) is 5.86. The second-order valence-corrected chi connectivity index (χ2v) is 8.26. The fourth-order valence-corrected chi connectivity index (χ4v) is 4.79. The fraction of sp³-hybridized carbons (Fsp3) is 0.538. The molecule has 1 aliphatic carbocycles. The van der Waals surface area contributed by atoms with Crippen LogP contribution in [0.2, 0.25) is 5.02 Å². The molecule has 2 aliphatic rings. The number of hydrogen-bond acceptors (Lipinski definition) is 3. The third-order valence-electron chi connectivity index (χ3n) is 4.08. The van der Waals surface area contributed by atoms with Gasteiger partial charge in [0.05, 0.1) is 6.61 Å². The fourth-order valence-electron chi connectivity index (χ4n) is 3.11. The minimum atomic E-state index is -3.49. The van der Waals surface area contributed by atoms with E-state index in [1.54, 1.807) is 0 Å². The molecular formula is C13H15Cl2O3P. The lowest BCUT2D eigenvalue weighted by atomic mass is 9.78. The van der Waals surface area contributed by atoms with Crippen molar-refractivity contribution in [3.8, 4) is 0 Å². The van der Waals surface area contributed by atoms with Gasteiger partial charge in [-0.05, 0) is 18.9 Å². The van der Waals surface area contributed by atoms with E-state index in [1.165, 1.54) is 0 Å². The van der Waals surface area contributed by atoms with Crippen molar-refractivity contribution in [2.75, 3.05) is 6.61 Å². The smallest absolute Gasteiger partial charge is 0.296 e. The van der Waals surface area contributed by atoms with Crippen LogP contribution in [0, 0.1) is 5.41 Å². The minimum Gasteiger partial charge on any atom is -0.296 e. The maximum Gasteiger partial charge on any atom is 0.424 e. The van der Waals surface area contributed by atoms with Crippen LogP contribution < -0.4 is 0 Å². The summed E-state index contributed by atoms with van der Waals surface area (Å²) >= 11 is 12.1. The molecule has 19 heavy (non-hydrogen) atoms. The van der Waals surface area contributed by atoms with Crippen molar-refractivity contribution in [1.82, 2.24) is 0 Å². The Morgan fingerprint density at radius 3 is 2.63 bits per heavy atom. The largest absolute Gasteiger partial charge is 0.424 e.